The van der Waals surface area contributed by atoms with Gasteiger partial charge in [-0.3, -0.25) is 9.59 Å². The second kappa shape index (κ2) is 11.7. The van der Waals surface area contributed by atoms with Gasteiger partial charge in [0.1, 0.15) is 0 Å². The molecule has 0 radical (unpaired) electrons. The molecule has 1 aromatic heterocycles. The zero-order valence-electron chi connectivity index (χ0n) is 13.1. The van der Waals surface area contributed by atoms with Gasteiger partial charge in [-0.1, -0.05) is 13.8 Å². The number of carbonyl (C=O) groups is 2. The monoisotopic (exact) mass is 370 g/mol. The topological polar surface area (TPSA) is 149 Å². The van der Waals surface area contributed by atoms with Crippen LogP contribution in [0.25, 0.3) is 0 Å². The van der Waals surface area contributed by atoms with Gasteiger partial charge in [0.25, 0.3) is 0 Å². The maximum Gasteiger partial charge on any atom is 2.00 e. The summed E-state index contributed by atoms with van der Waals surface area (Å²) in [5.74, 6) is -1.98. The Bertz CT molecular complexity index is 558. The average molecular weight is 371 g/mol. The normalized spacial score (nSPS) is 10.8. The Labute approximate surface area is 144 Å². The number of nitrogens with one attached hydrogen (secondary N) is 1. The molecule has 0 aliphatic rings. The van der Waals surface area contributed by atoms with E-state index in [1.165, 1.54) is 13.2 Å². The van der Waals surface area contributed by atoms with Crippen LogP contribution in [-0.2, 0) is 26.1 Å². The molecule has 0 saturated heterocycles. The summed E-state index contributed by atoms with van der Waals surface area (Å²) in [6, 6.07) is 0.172. The zero-order valence-corrected chi connectivity index (χ0v) is 14.1. The Balaban J connectivity index is 0. The molecule has 0 bridgehead atoms. The maximum atomic E-state index is 10.8. The number of hydrogen-bond acceptors (Lipinski definition) is 7. The van der Waals surface area contributed by atoms with Gasteiger partial charge in [0.05, 0.1) is 30.6 Å². The summed E-state index contributed by atoms with van der Waals surface area (Å²) in [5, 5.41) is 23.4. The van der Waals surface area contributed by atoms with Gasteiger partial charge in [-0.2, -0.15) is 0 Å². The van der Waals surface area contributed by atoms with Crippen molar-refractivity contribution in [3.8, 4) is 5.75 Å². The van der Waals surface area contributed by atoms with E-state index in [4.69, 9.17) is 5.73 Å². The van der Waals surface area contributed by atoms with Gasteiger partial charge >= 0.3 is 16.5 Å². The van der Waals surface area contributed by atoms with Crippen molar-refractivity contribution in [2.45, 2.75) is 33.2 Å². The zero-order chi connectivity index (χ0) is 17.3. The van der Waals surface area contributed by atoms with Crippen LogP contribution in [0.2, 0.25) is 0 Å². The van der Waals surface area contributed by atoms with E-state index in [0.717, 1.165) is 6.07 Å². The van der Waals surface area contributed by atoms with Crippen molar-refractivity contribution in [1.82, 2.24) is 5.32 Å². The van der Waals surface area contributed by atoms with Crippen molar-refractivity contribution in [3.05, 3.63) is 28.3 Å². The largest absolute Gasteiger partial charge is 2.00 e. The van der Waals surface area contributed by atoms with Crippen molar-refractivity contribution in [2.24, 2.45) is 11.7 Å². The third-order valence-electron chi connectivity index (χ3n) is 2.52. The van der Waals surface area contributed by atoms with E-state index in [1.54, 1.807) is 0 Å². The summed E-state index contributed by atoms with van der Waals surface area (Å²) in [7, 11) is 0. The molecule has 23 heavy (non-hydrogen) atoms. The van der Waals surface area contributed by atoms with E-state index in [1.807, 2.05) is 13.8 Å². The number of carboxylic acid groups (broad SMARTS) is 1. The van der Waals surface area contributed by atoms with Crippen LogP contribution in [0.5, 0.6) is 5.75 Å². The molecule has 0 aromatic carbocycles. The molecule has 9 heteroatoms. The van der Waals surface area contributed by atoms with Gasteiger partial charge in [-0.15, -0.1) is 0 Å². The second-order valence-corrected chi connectivity index (χ2v) is 4.94. The Morgan fingerprint density at radius 2 is 1.96 bits per heavy atom. The first kappa shape index (κ1) is 23.4. The predicted molar refractivity (Wildman–Crippen MR) is 74.6 cm³/mol. The van der Waals surface area contributed by atoms with E-state index in [9.17, 15) is 24.6 Å². The summed E-state index contributed by atoms with van der Waals surface area (Å²) in [4.78, 5) is 31.8. The number of aliphatic carboxylic acids is 1. The number of hydrogen-bond donors (Lipinski definition) is 2. The van der Waals surface area contributed by atoms with Crippen LogP contribution < -0.4 is 26.7 Å². The van der Waals surface area contributed by atoms with Gasteiger partial charge in [0.15, 0.2) is 5.43 Å². The summed E-state index contributed by atoms with van der Waals surface area (Å²) in [6.07, 6.45) is 1.56. The summed E-state index contributed by atoms with van der Waals surface area (Å²) in [6.45, 7) is 4.99. The molecule has 1 heterocycles. The summed E-state index contributed by atoms with van der Waals surface area (Å²) in [5.41, 5.74) is 4.51. The molecular formula is C14H20N2NiO6. The molecule has 3 N–H and O–H groups in total. The minimum absolute atomic E-state index is 0. The van der Waals surface area contributed by atoms with Crippen LogP contribution in [-0.4, -0.2) is 24.5 Å². The third kappa shape index (κ3) is 9.70. The van der Waals surface area contributed by atoms with E-state index in [-0.39, 0.29) is 34.7 Å². The quantitative estimate of drug-likeness (QED) is 0.583. The molecule has 132 valence electrons. The molecule has 1 rings (SSSR count). The Morgan fingerprint density at radius 3 is 2.30 bits per heavy atom. The first-order valence-corrected chi connectivity index (χ1v) is 6.64. The summed E-state index contributed by atoms with van der Waals surface area (Å²) >= 11 is 0. The van der Waals surface area contributed by atoms with Crippen LogP contribution >= 0.6 is 0 Å². The van der Waals surface area contributed by atoms with Crippen LogP contribution in [0.15, 0.2) is 21.5 Å². The fourth-order valence-electron chi connectivity index (χ4n) is 1.44. The number of rotatable bonds is 5. The van der Waals surface area contributed by atoms with Gasteiger partial charge in [0, 0.05) is 6.07 Å². The predicted octanol–water partition coefficient (Wildman–Crippen LogP) is -1.75. The molecule has 1 amide bonds. The Hall–Kier alpha value is -1.86. The average Bonchev–Trinajstić information content (AvgIpc) is 2.44. The number of aryl methyl sites for hydroxylation is 1. The number of carboxylic acids is 1. The molecule has 0 fully saturated rings. The molecule has 0 saturated carbocycles. The van der Waals surface area contributed by atoms with Crippen LogP contribution in [0.4, 0.5) is 0 Å². The molecule has 8 nitrogen and oxygen atoms in total. The van der Waals surface area contributed by atoms with Crippen molar-refractivity contribution in [2.75, 3.05) is 6.54 Å². The minimum Gasteiger partial charge on any atom is -0.868 e. The molecule has 1 atom stereocenters. The first-order valence-electron chi connectivity index (χ1n) is 6.64. The maximum absolute atomic E-state index is 10.8. The standard InChI is InChI=1S/C8H16N2O3.C6H6O3.Ni/c1-5(2)3-6(8(12)13)10-7(11)4-9;1-4-6(8)5(7)2-3-9-4;/h5-6H,3-4,9H2,1-2H3,(H,10,11)(H,12,13);2-3,8H,1H3;/q;;+2/p-2/t6-;;/m0../s1. The van der Waals surface area contributed by atoms with E-state index in [0.29, 0.717) is 6.42 Å². The second-order valence-electron chi connectivity index (χ2n) is 4.94. The Morgan fingerprint density at radius 1 is 1.39 bits per heavy atom. The molecule has 0 aliphatic heterocycles. The van der Waals surface area contributed by atoms with Gasteiger partial charge in [0.2, 0.25) is 5.91 Å². The van der Waals surface area contributed by atoms with Crippen molar-refractivity contribution < 1.29 is 40.7 Å². The minimum atomic E-state index is -1.27. The van der Waals surface area contributed by atoms with Gasteiger partial charge < -0.3 is 30.5 Å². The number of amides is 1. The van der Waals surface area contributed by atoms with E-state index >= 15 is 0 Å². The van der Waals surface area contributed by atoms with Gasteiger partial charge in [-0.25, -0.2) is 0 Å². The third-order valence-corrected chi connectivity index (χ3v) is 2.52. The van der Waals surface area contributed by atoms with Gasteiger partial charge in [-0.05, 0) is 25.0 Å². The van der Waals surface area contributed by atoms with Crippen LogP contribution in [0.1, 0.15) is 26.0 Å². The van der Waals surface area contributed by atoms with Crippen molar-refractivity contribution in [1.29, 1.82) is 0 Å². The van der Waals surface area contributed by atoms with E-state index < -0.39 is 29.1 Å². The number of nitrogens with two attached hydrogens (primary N) is 1. The Kier molecular flexibility index (Phi) is 11.9. The molecule has 1 aromatic rings. The van der Waals surface area contributed by atoms with Crippen molar-refractivity contribution >= 4 is 11.9 Å². The van der Waals surface area contributed by atoms with Crippen LogP contribution in [0.3, 0.4) is 0 Å². The van der Waals surface area contributed by atoms with Crippen LogP contribution in [0, 0.1) is 12.8 Å². The summed E-state index contributed by atoms with van der Waals surface area (Å²) < 4.78 is 4.63. The van der Waals surface area contributed by atoms with Crippen molar-refractivity contribution in [3.63, 3.8) is 0 Å². The SMILES string of the molecule is CC(C)C[C@H](NC(=O)CN)C(=O)[O-].Cc1occc(=O)c1[O-].[Ni+2]. The fraction of sp³-hybridized carbons (Fsp3) is 0.500. The smallest absolute Gasteiger partial charge is 0.868 e. The van der Waals surface area contributed by atoms with E-state index in [2.05, 4.69) is 9.73 Å². The molecular weight excluding hydrogens is 351 g/mol. The molecule has 0 spiro atoms. The fourth-order valence-corrected chi connectivity index (χ4v) is 1.44. The first-order chi connectivity index (χ1) is 10.2. The number of carbonyl (C=O) groups excluding carboxylic acids is 2. The molecule has 0 unspecified atom stereocenters. The molecule has 0 aliphatic carbocycles.